The Morgan fingerprint density at radius 3 is 2.92 bits per heavy atom. The van der Waals surface area contributed by atoms with Gasteiger partial charge in [-0.3, -0.25) is 0 Å². The summed E-state index contributed by atoms with van der Waals surface area (Å²) < 4.78 is 0. The summed E-state index contributed by atoms with van der Waals surface area (Å²) >= 11 is 1.56. The summed E-state index contributed by atoms with van der Waals surface area (Å²) in [6, 6.07) is 0. The van der Waals surface area contributed by atoms with E-state index >= 15 is 0 Å². The van der Waals surface area contributed by atoms with Gasteiger partial charge in [0.2, 0.25) is 0 Å². The number of nitrogens with one attached hydrogen (secondary N) is 2. The Balaban J connectivity index is 2.65. The van der Waals surface area contributed by atoms with Crippen molar-refractivity contribution in [3.63, 3.8) is 0 Å². The highest BCUT2D eigenvalue weighted by molar-refractivity contribution is 7.13. The van der Waals surface area contributed by atoms with Crippen LogP contribution in [0.25, 0.3) is 0 Å². The van der Waals surface area contributed by atoms with E-state index in [0.717, 1.165) is 16.5 Å². The highest BCUT2D eigenvalue weighted by atomic mass is 32.1. The number of allylic oxidation sites excluding steroid dienone is 2. The Hall–Kier alpha value is -1.29. The number of thiazole rings is 1. The first-order valence-electron chi connectivity index (χ1n) is 3.94. The van der Waals surface area contributed by atoms with E-state index in [-0.39, 0.29) is 0 Å². The number of rotatable bonds is 4. The summed E-state index contributed by atoms with van der Waals surface area (Å²) in [5.74, 6) is 0.905. The topological polar surface area (TPSA) is 37.0 Å². The van der Waals surface area contributed by atoms with Gasteiger partial charge in [-0.15, -0.1) is 11.3 Å². The molecule has 3 nitrogen and oxygen atoms in total. The molecule has 0 unspecified atom stereocenters. The zero-order valence-corrected chi connectivity index (χ0v) is 8.61. The van der Waals surface area contributed by atoms with Gasteiger partial charge in [-0.25, -0.2) is 4.98 Å². The van der Waals surface area contributed by atoms with Gasteiger partial charge in [0.05, 0.1) is 0 Å². The molecule has 0 aromatic carbocycles. The van der Waals surface area contributed by atoms with Crippen molar-refractivity contribution < 1.29 is 0 Å². The minimum Gasteiger partial charge on any atom is -0.375 e. The molecule has 0 aliphatic rings. The smallest absolute Gasteiger partial charge is 0.188 e. The van der Waals surface area contributed by atoms with E-state index in [1.807, 2.05) is 25.4 Å². The molecule has 0 aliphatic carbocycles. The summed E-state index contributed by atoms with van der Waals surface area (Å²) in [5.41, 5.74) is 0.994. The molecule has 0 amide bonds. The van der Waals surface area contributed by atoms with Gasteiger partial charge < -0.3 is 10.6 Å². The number of hydrogen-bond donors (Lipinski definition) is 2. The average molecular weight is 195 g/mol. The van der Waals surface area contributed by atoms with Crippen LogP contribution in [0, 0.1) is 0 Å². The first-order chi connectivity index (χ1) is 6.22. The maximum absolute atomic E-state index is 4.11. The molecule has 1 aromatic heterocycles. The highest BCUT2D eigenvalue weighted by Crippen LogP contribution is 2.12. The maximum Gasteiger partial charge on any atom is 0.188 e. The van der Waals surface area contributed by atoms with Gasteiger partial charge in [0, 0.05) is 18.6 Å². The summed E-state index contributed by atoms with van der Waals surface area (Å²) in [4.78, 5) is 4.11. The van der Waals surface area contributed by atoms with Gasteiger partial charge in [-0.05, 0) is 13.0 Å². The molecule has 0 fully saturated rings. The van der Waals surface area contributed by atoms with Gasteiger partial charge in [0.25, 0.3) is 0 Å². The van der Waals surface area contributed by atoms with Gasteiger partial charge in [0.1, 0.15) is 5.82 Å². The molecule has 0 spiro atoms. The van der Waals surface area contributed by atoms with Crippen molar-refractivity contribution in [2.24, 2.45) is 0 Å². The van der Waals surface area contributed by atoms with Crippen LogP contribution >= 0.6 is 11.3 Å². The van der Waals surface area contributed by atoms with Crippen molar-refractivity contribution in [3.8, 4) is 0 Å². The lowest BCUT2D eigenvalue weighted by atomic mass is 10.3. The number of aromatic nitrogens is 1. The molecule has 2 N–H and O–H groups in total. The van der Waals surface area contributed by atoms with Crippen molar-refractivity contribution >= 4 is 16.5 Å². The fourth-order valence-corrected chi connectivity index (χ4v) is 1.36. The van der Waals surface area contributed by atoms with Crippen LogP contribution in [-0.4, -0.2) is 12.0 Å². The van der Waals surface area contributed by atoms with E-state index in [1.165, 1.54) is 0 Å². The van der Waals surface area contributed by atoms with Gasteiger partial charge in [-0.2, -0.15) is 0 Å². The van der Waals surface area contributed by atoms with Crippen LogP contribution in [0.5, 0.6) is 0 Å². The number of anilines is 1. The molecule has 1 rings (SSSR count). The van der Waals surface area contributed by atoms with Crippen molar-refractivity contribution in [3.05, 3.63) is 35.6 Å². The molecule has 70 valence electrons. The van der Waals surface area contributed by atoms with E-state index in [9.17, 15) is 0 Å². The van der Waals surface area contributed by atoms with E-state index in [1.54, 1.807) is 17.5 Å². The molecular formula is C9H13N3S. The molecule has 1 heterocycles. The van der Waals surface area contributed by atoms with Crippen LogP contribution in [0.15, 0.2) is 35.6 Å². The Morgan fingerprint density at radius 1 is 1.69 bits per heavy atom. The van der Waals surface area contributed by atoms with Crippen LogP contribution in [0.2, 0.25) is 0 Å². The average Bonchev–Trinajstić information content (AvgIpc) is 2.55. The van der Waals surface area contributed by atoms with Crippen molar-refractivity contribution in [1.29, 1.82) is 0 Å². The quantitative estimate of drug-likeness (QED) is 0.723. The summed E-state index contributed by atoms with van der Waals surface area (Å²) in [6.07, 6.45) is 3.70. The zero-order chi connectivity index (χ0) is 9.68. The Bertz CT molecular complexity index is 301. The van der Waals surface area contributed by atoms with Crippen molar-refractivity contribution in [1.82, 2.24) is 10.3 Å². The molecule has 0 saturated carbocycles. The van der Waals surface area contributed by atoms with Gasteiger partial charge in [-0.1, -0.05) is 12.2 Å². The second-order valence-corrected chi connectivity index (χ2v) is 3.51. The van der Waals surface area contributed by atoms with Gasteiger partial charge in [0.15, 0.2) is 5.13 Å². The standard InChI is InChI=1S/C9H13N3S/c1-7(2)6-8(10-3)12-9-11-4-5-13-9/h4-6,10H,1H2,2-3H3,(H,11,12)/b8-6+. The highest BCUT2D eigenvalue weighted by Gasteiger charge is 1.96. The van der Waals surface area contributed by atoms with Crippen LogP contribution < -0.4 is 10.6 Å². The van der Waals surface area contributed by atoms with Gasteiger partial charge >= 0.3 is 0 Å². The monoisotopic (exact) mass is 195 g/mol. The first-order valence-corrected chi connectivity index (χ1v) is 4.82. The lowest BCUT2D eigenvalue weighted by molar-refractivity contribution is 0.991. The fourth-order valence-electron chi connectivity index (χ4n) is 0.818. The minimum atomic E-state index is 0.877. The van der Waals surface area contributed by atoms with E-state index in [2.05, 4.69) is 22.2 Å². The second kappa shape index (κ2) is 4.67. The van der Waals surface area contributed by atoms with Crippen LogP contribution in [-0.2, 0) is 0 Å². The normalized spacial score (nSPS) is 11.1. The number of hydrogen-bond acceptors (Lipinski definition) is 4. The SMILES string of the molecule is C=C(C)/C=C(\NC)Nc1nccs1. The molecule has 4 heteroatoms. The molecule has 0 aliphatic heterocycles. The lowest BCUT2D eigenvalue weighted by Crippen LogP contribution is -2.14. The Morgan fingerprint density at radius 2 is 2.46 bits per heavy atom. The summed E-state index contributed by atoms with van der Waals surface area (Å²) in [5, 5.41) is 8.97. The second-order valence-electron chi connectivity index (χ2n) is 2.62. The largest absolute Gasteiger partial charge is 0.375 e. The van der Waals surface area contributed by atoms with Crippen molar-refractivity contribution in [2.45, 2.75) is 6.92 Å². The summed E-state index contributed by atoms with van der Waals surface area (Å²) in [6.45, 7) is 5.74. The predicted molar refractivity (Wildman–Crippen MR) is 57.7 cm³/mol. The Kier molecular flexibility index (Phi) is 3.52. The van der Waals surface area contributed by atoms with E-state index in [0.29, 0.717) is 0 Å². The van der Waals surface area contributed by atoms with Crippen LogP contribution in [0.3, 0.4) is 0 Å². The molecule has 0 radical (unpaired) electrons. The zero-order valence-electron chi connectivity index (χ0n) is 7.79. The minimum absolute atomic E-state index is 0.877. The molecular weight excluding hydrogens is 182 g/mol. The third kappa shape index (κ3) is 3.29. The molecule has 0 atom stereocenters. The van der Waals surface area contributed by atoms with Crippen molar-refractivity contribution in [2.75, 3.05) is 12.4 Å². The maximum atomic E-state index is 4.11. The molecule has 0 bridgehead atoms. The third-order valence-corrected chi connectivity index (χ3v) is 2.02. The fraction of sp³-hybridized carbons (Fsp3) is 0.222. The van der Waals surface area contributed by atoms with Crippen LogP contribution in [0.1, 0.15) is 6.92 Å². The lowest BCUT2D eigenvalue weighted by Gasteiger charge is -2.06. The van der Waals surface area contributed by atoms with E-state index < -0.39 is 0 Å². The predicted octanol–water partition coefficient (Wildman–Crippen LogP) is 2.19. The van der Waals surface area contributed by atoms with E-state index in [4.69, 9.17) is 0 Å². The number of nitrogens with zero attached hydrogens (tertiary/aromatic N) is 1. The van der Waals surface area contributed by atoms with Crippen LogP contribution in [0.4, 0.5) is 5.13 Å². The first kappa shape index (κ1) is 9.80. The summed E-state index contributed by atoms with van der Waals surface area (Å²) in [7, 11) is 1.86. The third-order valence-electron chi connectivity index (χ3n) is 1.33. The molecule has 1 aromatic rings. The Labute approximate surface area is 82.2 Å². The molecule has 0 saturated heterocycles. The molecule has 13 heavy (non-hydrogen) atoms.